The van der Waals surface area contributed by atoms with E-state index in [0.29, 0.717) is 18.5 Å². The molecule has 19 heavy (non-hydrogen) atoms. The molecular weight excluding hydrogens is 293 g/mol. The van der Waals surface area contributed by atoms with Crippen LogP contribution in [0.2, 0.25) is 5.02 Å². The summed E-state index contributed by atoms with van der Waals surface area (Å²) in [6.45, 7) is 0.242. The standard InChI is InChI=1S/C12H15ClFNO3S/c13-11-6-9(3-4-12(11)14)8-19(17,18)15-5-1-2-10(15)7-16/h3-4,6,10,16H,1-2,5,7-8H2/t10-/m1/s1. The molecule has 1 aromatic carbocycles. The van der Waals surface area contributed by atoms with E-state index in [9.17, 15) is 12.8 Å². The molecular formula is C12H15ClFNO3S. The Morgan fingerprint density at radius 3 is 2.84 bits per heavy atom. The zero-order valence-electron chi connectivity index (χ0n) is 10.2. The summed E-state index contributed by atoms with van der Waals surface area (Å²) in [5.41, 5.74) is 0.440. The van der Waals surface area contributed by atoms with E-state index in [-0.39, 0.29) is 23.4 Å². The summed E-state index contributed by atoms with van der Waals surface area (Å²) in [6.07, 6.45) is 1.41. The Hall–Kier alpha value is -0.690. The van der Waals surface area contributed by atoms with Crippen LogP contribution in [0.1, 0.15) is 18.4 Å². The maximum Gasteiger partial charge on any atom is 0.218 e. The maximum atomic E-state index is 13.0. The van der Waals surface area contributed by atoms with Crippen molar-refractivity contribution in [3.05, 3.63) is 34.6 Å². The van der Waals surface area contributed by atoms with E-state index in [1.165, 1.54) is 16.4 Å². The smallest absolute Gasteiger partial charge is 0.218 e. The number of nitrogens with zero attached hydrogens (tertiary/aromatic N) is 1. The van der Waals surface area contributed by atoms with Gasteiger partial charge in [-0.2, -0.15) is 4.31 Å². The molecule has 0 saturated carbocycles. The molecule has 1 aliphatic heterocycles. The zero-order chi connectivity index (χ0) is 14.0. The molecule has 0 aliphatic carbocycles. The Morgan fingerprint density at radius 2 is 2.21 bits per heavy atom. The molecule has 0 unspecified atom stereocenters. The summed E-state index contributed by atoms with van der Waals surface area (Å²) in [6, 6.07) is 3.53. The van der Waals surface area contributed by atoms with Crippen molar-refractivity contribution in [3.8, 4) is 0 Å². The minimum absolute atomic E-state index is 0.0900. The summed E-state index contributed by atoms with van der Waals surface area (Å²) < 4.78 is 38.8. The van der Waals surface area contributed by atoms with E-state index >= 15 is 0 Å². The van der Waals surface area contributed by atoms with Gasteiger partial charge in [-0.3, -0.25) is 0 Å². The fourth-order valence-corrected chi connectivity index (χ4v) is 4.28. The van der Waals surface area contributed by atoms with Gasteiger partial charge in [0, 0.05) is 12.6 Å². The fourth-order valence-electron chi connectivity index (χ4n) is 2.28. The number of hydrogen-bond donors (Lipinski definition) is 1. The van der Waals surface area contributed by atoms with Gasteiger partial charge in [0.2, 0.25) is 10.0 Å². The van der Waals surface area contributed by atoms with Crippen molar-refractivity contribution < 1.29 is 17.9 Å². The van der Waals surface area contributed by atoms with Crippen molar-refractivity contribution in [1.82, 2.24) is 4.31 Å². The molecule has 7 heteroatoms. The third kappa shape index (κ3) is 3.25. The highest BCUT2D eigenvalue weighted by molar-refractivity contribution is 7.88. The lowest BCUT2D eigenvalue weighted by molar-refractivity contribution is 0.213. The summed E-state index contributed by atoms with van der Waals surface area (Å²) in [7, 11) is -3.51. The average Bonchev–Trinajstić information content (AvgIpc) is 2.82. The number of hydrogen-bond acceptors (Lipinski definition) is 3. The predicted octanol–water partition coefficient (Wildman–Crippen LogP) is 1.77. The van der Waals surface area contributed by atoms with Gasteiger partial charge in [0.25, 0.3) is 0 Å². The van der Waals surface area contributed by atoms with Crippen LogP contribution in [-0.2, 0) is 15.8 Å². The number of aliphatic hydroxyl groups excluding tert-OH is 1. The van der Waals surface area contributed by atoms with E-state index in [2.05, 4.69) is 0 Å². The molecule has 1 atom stereocenters. The van der Waals surface area contributed by atoms with Gasteiger partial charge in [-0.1, -0.05) is 17.7 Å². The third-order valence-electron chi connectivity index (χ3n) is 3.22. The fraction of sp³-hybridized carbons (Fsp3) is 0.500. The summed E-state index contributed by atoms with van der Waals surface area (Å²) in [4.78, 5) is 0. The van der Waals surface area contributed by atoms with Crippen LogP contribution < -0.4 is 0 Å². The Balaban J connectivity index is 2.19. The molecule has 1 saturated heterocycles. The Kier molecular flexibility index (Phi) is 4.45. The van der Waals surface area contributed by atoms with Crippen molar-refractivity contribution >= 4 is 21.6 Å². The molecule has 0 amide bonds. The van der Waals surface area contributed by atoms with Crippen LogP contribution in [0.5, 0.6) is 0 Å². The molecule has 1 aliphatic rings. The van der Waals surface area contributed by atoms with E-state index in [1.807, 2.05) is 0 Å². The highest BCUT2D eigenvalue weighted by Gasteiger charge is 2.33. The average molecular weight is 308 g/mol. The molecule has 1 N–H and O–H groups in total. The molecule has 2 rings (SSSR count). The monoisotopic (exact) mass is 307 g/mol. The predicted molar refractivity (Wildman–Crippen MR) is 70.8 cm³/mol. The van der Waals surface area contributed by atoms with Crippen molar-refractivity contribution in [1.29, 1.82) is 0 Å². The van der Waals surface area contributed by atoms with Crippen LogP contribution in [-0.4, -0.2) is 37.0 Å². The third-order valence-corrected chi connectivity index (χ3v) is 5.41. The highest BCUT2D eigenvalue weighted by Crippen LogP contribution is 2.24. The molecule has 0 bridgehead atoms. The van der Waals surface area contributed by atoms with Crippen molar-refractivity contribution in [2.24, 2.45) is 0 Å². The largest absolute Gasteiger partial charge is 0.395 e. The lowest BCUT2D eigenvalue weighted by Gasteiger charge is -2.22. The van der Waals surface area contributed by atoms with Gasteiger partial charge in [-0.15, -0.1) is 0 Å². The molecule has 1 aromatic rings. The Bertz CT molecular complexity index is 564. The quantitative estimate of drug-likeness (QED) is 0.922. The summed E-state index contributed by atoms with van der Waals surface area (Å²) in [5, 5.41) is 9.08. The number of halogens is 2. The highest BCUT2D eigenvalue weighted by atomic mass is 35.5. The van der Waals surface area contributed by atoms with Gasteiger partial charge in [0.1, 0.15) is 5.82 Å². The number of benzene rings is 1. The summed E-state index contributed by atoms with van der Waals surface area (Å²) in [5.74, 6) is -0.805. The van der Waals surface area contributed by atoms with Gasteiger partial charge < -0.3 is 5.11 Å². The van der Waals surface area contributed by atoms with Crippen LogP contribution in [0, 0.1) is 5.82 Å². The first-order chi connectivity index (χ1) is 8.94. The molecule has 4 nitrogen and oxygen atoms in total. The normalized spacial score (nSPS) is 20.9. The lowest BCUT2D eigenvalue weighted by Crippen LogP contribution is -2.38. The second kappa shape index (κ2) is 5.75. The Morgan fingerprint density at radius 1 is 1.47 bits per heavy atom. The van der Waals surface area contributed by atoms with E-state index in [4.69, 9.17) is 16.7 Å². The molecule has 1 heterocycles. The van der Waals surface area contributed by atoms with Gasteiger partial charge in [-0.25, -0.2) is 12.8 Å². The SMILES string of the molecule is O=S(=O)(Cc1ccc(F)c(Cl)c1)N1CCC[C@@H]1CO. The maximum absolute atomic E-state index is 13.0. The zero-order valence-corrected chi connectivity index (χ0v) is 11.8. The van der Waals surface area contributed by atoms with Crippen LogP contribution >= 0.6 is 11.6 Å². The van der Waals surface area contributed by atoms with Crippen molar-refractivity contribution in [2.45, 2.75) is 24.6 Å². The second-order valence-corrected chi connectivity index (χ2v) is 6.92. The second-order valence-electron chi connectivity index (χ2n) is 4.59. The van der Waals surface area contributed by atoms with Crippen molar-refractivity contribution in [2.75, 3.05) is 13.2 Å². The number of sulfonamides is 1. The topological polar surface area (TPSA) is 57.6 Å². The van der Waals surface area contributed by atoms with Gasteiger partial charge in [0.05, 0.1) is 17.4 Å². The lowest BCUT2D eigenvalue weighted by atomic mass is 10.2. The van der Waals surface area contributed by atoms with Crippen LogP contribution in [0.15, 0.2) is 18.2 Å². The van der Waals surface area contributed by atoms with Gasteiger partial charge >= 0.3 is 0 Å². The minimum Gasteiger partial charge on any atom is -0.395 e. The first kappa shape index (κ1) is 14.7. The first-order valence-corrected chi connectivity index (χ1v) is 7.97. The van der Waals surface area contributed by atoms with Gasteiger partial charge in [-0.05, 0) is 30.5 Å². The van der Waals surface area contributed by atoms with Crippen LogP contribution in [0.25, 0.3) is 0 Å². The van der Waals surface area contributed by atoms with E-state index in [0.717, 1.165) is 12.5 Å². The number of aliphatic hydroxyl groups is 1. The molecule has 0 radical (unpaired) electrons. The first-order valence-electron chi connectivity index (χ1n) is 5.98. The Labute approximate surface area is 116 Å². The van der Waals surface area contributed by atoms with E-state index in [1.54, 1.807) is 0 Å². The van der Waals surface area contributed by atoms with E-state index < -0.39 is 15.8 Å². The summed E-state index contributed by atoms with van der Waals surface area (Å²) >= 11 is 5.63. The molecule has 0 spiro atoms. The van der Waals surface area contributed by atoms with Crippen LogP contribution in [0.3, 0.4) is 0 Å². The van der Waals surface area contributed by atoms with Crippen LogP contribution in [0.4, 0.5) is 4.39 Å². The number of rotatable bonds is 4. The minimum atomic E-state index is -3.51. The van der Waals surface area contributed by atoms with Gasteiger partial charge in [0.15, 0.2) is 0 Å². The van der Waals surface area contributed by atoms with Crippen molar-refractivity contribution in [3.63, 3.8) is 0 Å². The molecule has 1 fully saturated rings. The molecule has 106 valence electrons. The molecule has 0 aromatic heterocycles.